The lowest BCUT2D eigenvalue weighted by atomic mass is 10.1. The minimum absolute atomic E-state index is 0.00331. The third kappa shape index (κ3) is 2.45. The standard InChI is InChI=1S/C12H8BrClF2OS/c1-5-4-8(18-12(5)13)11(17)9-6(14)2-3-7(15)10(9)16/h2-4,11,17H,1H3. The number of hydrogen-bond donors (Lipinski definition) is 1. The van der Waals surface area contributed by atoms with Gasteiger partial charge in [-0.1, -0.05) is 11.6 Å². The molecule has 1 aromatic heterocycles. The SMILES string of the molecule is Cc1cc(C(O)c2c(Cl)ccc(F)c2F)sc1Br. The normalized spacial score (nSPS) is 12.8. The summed E-state index contributed by atoms with van der Waals surface area (Å²) in [6.45, 7) is 1.85. The lowest BCUT2D eigenvalue weighted by Gasteiger charge is -2.12. The molecule has 1 heterocycles. The topological polar surface area (TPSA) is 20.2 Å². The first kappa shape index (κ1) is 13.9. The molecule has 0 spiro atoms. The van der Waals surface area contributed by atoms with Gasteiger partial charge < -0.3 is 5.11 Å². The molecule has 2 aromatic rings. The molecule has 1 atom stereocenters. The average molecular weight is 354 g/mol. The van der Waals surface area contributed by atoms with Crippen LogP contribution in [-0.2, 0) is 0 Å². The van der Waals surface area contributed by atoms with Crippen molar-refractivity contribution in [2.24, 2.45) is 0 Å². The fourth-order valence-electron chi connectivity index (χ4n) is 1.55. The van der Waals surface area contributed by atoms with Gasteiger partial charge in [0.1, 0.15) is 6.10 Å². The Morgan fingerprint density at radius 3 is 2.61 bits per heavy atom. The Hall–Kier alpha value is -0.490. The highest BCUT2D eigenvalue weighted by atomic mass is 79.9. The van der Waals surface area contributed by atoms with E-state index in [0.717, 1.165) is 15.4 Å². The molecule has 0 saturated carbocycles. The van der Waals surface area contributed by atoms with E-state index >= 15 is 0 Å². The third-order valence-electron chi connectivity index (χ3n) is 2.50. The minimum Gasteiger partial charge on any atom is -0.383 e. The van der Waals surface area contributed by atoms with E-state index in [4.69, 9.17) is 11.6 Å². The van der Waals surface area contributed by atoms with Gasteiger partial charge in [-0.25, -0.2) is 8.78 Å². The van der Waals surface area contributed by atoms with Crippen molar-refractivity contribution in [1.82, 2.24) is 0 Å². The van der Waals surface area contributed by atoms with Crippen molar-refractivity contribution in [2.45, 2.75) is 13.0 Å². The molecular weight excluding hydrogens is 346 g/mol. The minimum atomic E-state index is -1.27. The molecule has 2 rings (SSSR count). The van der Waals surface area contributed by atoms with Crippen molar-refractivity contribution in [1.29, 1.82) is 0 Å². The zero-order valence-electron chi connectivity index (χ0n) is 9.18. The van der Waals surface area contributed by atoms with Crippen molar-refractivity contribution >= 4 is 38.9 Å². The Morgan fingerprint density at radius 2 is 2.06 bits per heavy atom. The van der Waals surface area contributed by atoms with Gasteiger partial charge >= 0.3 is 0 Å². The van der Waals surface area contributed by atoms with Crippen LogP contribution in [0.5, 0.6) is 0 Å². The second-order valence-corrected chi connectivity index (χ2v) is 6.57. The van der Waals surface area contributed by atoms with Crippen molar-refractivity contribution in [3.63, 3.8) is 0 Å². The largest absolute Gasteiger partial charge is 0.383 e. The van der Waals surface area contributed by atoms with Crippen LogP contribution in [0.2, 0.25) is 5.02 Å². The second-order valence-electron chi connectivity index (χ2n) is 3.76. The zero-order chi connectivity index (χ0) is 13.4. The Bertz CT molecular complexity index is 581. The number of aliphatic hydroxyl groups is 1. The molecule has 0 fully saturated rings. The van der Waals surface area contributed by atoms with E-state index in [1.165, 1.54) is 17.4 Å². The molecular formula is C12H8BrClF2OS. The first-order valence-corrected chi connectivity index (χ1v) is 6.98. The molecule has 1 unspecified atom stereocenters. The predicted octanol–water partition coefficient (Wildman–Crippen LogP) is 4.83. The van der Waals surface area contributed by atoms with Crippen LogP contribution in [0.1, 0.15) is 22.1 Å². The number of hydrogen-bond acceptors (Lipinski definition) is 2. The van der Waals surface area contributed by atoms with Crippen LogP contribution in [0.3, 0.4) is 0 Å². The van der Waals surface area contributed by atoms with E-state index < -0.39 is 17.7 Å². The quantitative estimate of drug-likeness (QED) is 0.767. The Morgan fingerprint density at radius 1 is 1.39 bits per heavy atom. The summed E-state index contributed by atoms with van der Waals surface area (Å²) in [5.41, 5.74) is 0.687. The molecule has 1 nitrogen and oxygen atoms in total. The van der Waals surface area contributed by atoms with Gasteiger partial charge in [-0.05, 0) is 46.6 Å². The Balaban J connectivity index is 2.52. The van der Waals surface area contributed by atoms with Crippen LogP contribution in [0.15, 0.2) is 22.0 Å². The first-order chi connectivity index (χ1) is 8.41. The highest BCUT2D eigenvalue weighted by molar-refractivity contribution is 9.11. The summed E-state index contributed by atoms with van der Waals surface area (Å²) in [4.78, 5) is 0.505. The predicted molar refractivity (Wildman–Crippen MR) is 72.2 cm³/mol. The fraction of sp³-hybridized carbons (Fsp3) is 0.167. The molecule has 6 heteroatoms. The maximum absolute atomic E-state index is 13.7. The summed E-state index contributed by atoms with van der Waals surface area (Å²) < 4.78 is 27.7. The van der Waals surface area contributed by atoms with Gasteiger partial charge in [0.2, 0.25) is 0 Å². The van der Waals surface area contributed by atoms with Crippen LogP contribution in [0.4, 0.5) is 8.78 Å². The van der Waals surface area contributed by atoms with Gasteiger partial charge in [-0.15, -0.1) is 11.3 Å². The van der Waals surface area contributed by atoms with Gasteiger partial charge in [0, 0.05) is 15.5 Å². The van der Waals surface area contributed by atoms with Crippen LogP contribution >= 0.6 is 38.9 Å². The van der Waals surface area contributed by atoms with Crippen LogP contribution in [-0.4, -0.2) is 5.11 Å². The molecule has 0 aliphatic rings. The molecule has 96 valence electrons. The van der Waals surface area contributed by atoms with E-state index in [-0.39, 0.29) is 10.6 Å². The second kappa shape index (κ2) is 5.25. The third-order valence-corrected chi connectivity index (χ3v) is 5.02. The van der Waals surface area contributed by atoms with Crippen molar-refractivity contribution in [2.75, 3.05) is 0 Å². The number of aryl methyl sites for hydroxylation is 1. The Labute approximate surface area is 120 Å². The molecule has 18 heavy (non-hydrogen) atoms. The number of thiophene rings is 1. The van der Waals surface area contributed by atoms with Gasteiger partial charge in [0.15, 0.2) is 11.6 Å². The lowest BCUT2D eigenvalue weighted by molar-refractivity contribution is 0.217. The smallest absolute Gasteiger partial charge is 0.166 e. The Kier molecular flexibility index (Phi) is 4.06. The number of rotatable bonds is 2. The molecule has 0 radical (unpaired) electrons. The van der Waals surface area contributed by atoms with E-state index in [1.807, 2.05) is 6.92 Å². The molecule has 1 aromatic carbocycles. The molecule has 1 N–H and O–H groups in total. The monoisotopic (exact) mass is 352 g/mol. The van der Waals surface area contributed by atoms with E-state index in [0.29, 0.717) is 4.88 Å². The molecule has 0 aliphatic carbocycles. The van der Waals surface area contributed by atoms with E-state index in [1.54, 1.807) is 6.07 Å². The van der Waals surface area contributed by atoms with Gasteiger partial charge in [0.25, 0.3) is 0 Å². The summed E-state index contributed by atoms with van der Waals surface area (Å²) in [6, 6.07) is 3.87. The van der Waals surface area contributed by atoms with Crippen molar-refractivity contribution in [3.05, 3.63) is 54.6 Å². The first-order valence-electron chi connectivity index (χ1n) is 4.99. The number of halogens is 4. The van der Waals surface area contributed by atoms with E-state index in [2.05, 4.69) is 15.9 Å². The van der Waals surface area contributed by atoms with E-state index in [9.17, 15) is 13.9 Å². The average Bonchev–Trinajstić information content (AvgIpc) is 2.65. The number of aliphatic hydroxyl groups excluding tert-OH is 1. The highest BCUT2D eigenvalue weighted by Gasteiger charge is 2.23. The summed E-state index contributed by atoms with van der Waals surface area (Å²) in [5, 5.41) is 10.1. The fourth-order valence-corrected chi connectivity index (χ4v) is 3.37. The maximum Gasteiger partial charge on any atom is 0.166 e. The molecule has 0 aliphatic heterocycles. The number of benzene rings is 1. The van der Waals surface area contributed by atoms with Crippen LogP contribution in [0.25, 0.3) is 0 Å². The van der Waals surface area contributed by atoms with Crippen molar-refractivity contribution < 1.29 is 13.9 Å². The molecule has 0 saturated heterocycles. The molecule has 0 amide bonds. The zero-order valence-corrected chi connectivity index (χ0v) is 12.3. The molecule has 0 bridgehead atoms. The highest BCUT2D eigenvalue weighted by Crippen LogP contribution is 2.37. The summed E-state index contributed by atoms with van der Waals surface area (Å²) in [7, 11) is 0. The van der Waals surface area contributed by atoms with Gasteiger partial charge in [-0.2, -0.15) is 0 Å². The van der Waals surface area contributed by atoms with Crippen LogP contribution in [0, 0.1) is 18.6 Å². The van der Waals surface area contributed by atoms with Crippen LogP contribution < -0.4 is 0 Å². The maximum atomic E-state index is 13.7. The van der Waals surface area contributed by atoms with Gasteiger partial charge in [0.05, 0.1) is 3.79 Å². The van der Waals surface area contributed by atoms with Gasteiger partial charge in [-0.3, -0.25) is 0 Å². The summed E-state index contributed by atoms with van der Waals surface area (Å²) in [6.07, 6.45) is -1.27. The van der Waals surface area contributed by atoms with Crippen molar-refractivity contribution in [3.8, 4) is 0 Å². The summed E-state index contributed by atoms with van der Waals surface area (Å²) >= 11 is 10.4. The summed E-state index contributed by atoms with van der Waals surface area (Å²) in [5.74, 6) is -2.14. The lowest BCUT2D eigenvalue weighted by Crippen LogP contribution is -2.03.